The lowest BCUT2D eigenvalue weighted by atomic mass is 10.0. The minimum Gasteiger partial charge on any atom is -0.318 e. The standard InChI is InChI=1S/C18H16F4N4O/c1-9-7-23-16(25-11(3)27)6-13(9)12-4-14(19)17-15(5-12)26(8-24-17)10(2)18(20,21)22/h4-8,10H,1-3H3,(H,23,25,27). The van der Waals surface area contributed by atoms with Crippen molar-refractivity contribution in [3.63, 3.8) is 0 Å². The van der Waals surface area contributed by atoms with Crippen molar-refractivity contribution in [1.29, 1.82) is 0 Å². The quantitative estimate of drug-likeness (QED) is 0.674. The van der Waals surface area contributed by atoms with Crippen molar-refractivity contribution in [3.8, 4) is 11.1 Å². The molecule has 3 aromatic rings. The van der Waals surface area contributed by atoms with Gasteiger partial charge in [-0.1, -0.05) is 0 Å². The van der Waals surface area contributed by atoms with Crippen molar-refractivity contribution in [2.75, 3.05) is 5.32 Å². The molecule has 0 fully saturated rings. The SMILES string of the molecule is CC(=O)Nc1cc(-c2cc(F)c3ncn(C(C)C(F)(F)F)c3c2)c(C)cn1. The van der Waals surface area contributed by atoms with Gasteiger partial charge in [-0.3, -0.25) is 4.79 Å². The van der Waals surface area contributed by atoms with Crippen LogP contribution in [0.5, 0.6) is 0 Å². The first-order valence-electron chi connectivity index (χ1n) is 8.05. The predicted octanol–water partition coefficient (Wildman–Crippen LogP) is 4.63. The van der Waals surface area contributed by atoms with E-state index in [2.05, 4.69) is 15.3 Å². The number of imidazole rings is 1. The Morgan fingerprint density at radius 2 is 1.93 bits per heavy atom. The summed E-state index contributed by atoms with van der Waals surface area (Å²) in [6.45, 7) is 4.04. The van der Waals surface area contributed by atoms with Crippen molar-refractivity contribution < 1.29 is 22.4 Å². The number of hydrogen-bond acceptors (Lipinski definition) is 3. The highest BCUT2D eigenvalue weighted by Crippen LogP contribution is 2.35. The second kappa shape index (κ2) is 6.64. The number of aromatic nitrogens is 3. The lowest BCUT2D eigenvalue weighted by Crippen LogP contribution is -2.23. The second-order valence-electron chi connectivity index (χ2n) is 6.26. The summed E-state index contributed by atoms with van der Waals surface area (Å²) in [6, 6.07) is 2.35. The Bertz CT molecular complexity index is 1030. The molecule has 1 amide bonds. The van der Waals surface area contributed by atoms with E-state index in [1.807, 2.05) is 0 Å². The molecule has 1 N–H and O–H groups in total. The van der Waals surface area contributed by atoms with Crippen molar-refractivity contribution in [1.82, 2.24) is 14.5 Å². The van der Waals surface area contributed by atoms with Gasteiger partial charge in [-0.15, -0.1) is 0 Å². The molecule has 1 unspecified atom stereocenters. The van der Waals surface area contributed by atoms with Gasteiger partial charge in [0.05, 0.1) is 11.8 Å². The van der Waals surface area contributed by atoms with Crippen molar-refractivity contribution in [2.24, 2.45) is 0 Å². The van der Waals surface area contributed by atoms with Gasteiger partial charge in [-0.05, 0) is 48.7 Å². The largest absolute Gasteiger partial charge is 0.408 e. The van der Waals surface area contributed by atoms with Crippen molar-refractivity contribution in [3.05, 3.63) is 42.1 Å². The molecule has 0 aliphatic rings. The van der Waals surface area contributed by atoms with Crippen LogP contribution in [0.3, 0.4) is 0 Å². The molecule has 1 atom stereocenters. The smallest absolute Gasteiger partial charge is 0.318 e. The molecule has 5 nitrogen and oxygen atoms in total. The molecule has 0 aliphatic heterocycles. The number of hydrogen-bond donors (Lipinski definition) is 1. The number of amides is 1. The maximum absolute atomic E-state index is 14.5. The summed E-state index contributed by atoms with van der Waals surface area (Å²) in [5, 5.41) is 2.53. The van der Waals surface area contributed by atoms with Gasteiger partial charge < -0.3 is 9.88 Å². The normalized spacial score (nSPS) is 13.0. The molecular formula is C18H16F4N4O. The number of nitrogens with one attached hydrogen (secondary N) is 1. The number of carbonyl (C=O) groups excluding carboxylic acids is 1. The van der Waals surface area contributed by atoms with E-state index in [0.717, 1.165) is 17.8 Å². The zero-order valence-electron chi connectivity index (χ0n) is 14.7. The fourth-order valence-electron chi connectivity index (χ4n) is 2.80. The molecule has 9 heteroatoms. The average Bonchev–Trinajstić information content (AvgIpc) is 2.98. The first-order chi connectivity index (χ1) is 12.6. The summed E-state index contributed by atoms with van der Waals surface area (Å²) in [7, 11) is 0. The van der Waals surface area contributed by atoms with Crippen LogP contribution in [0.4, 0.5) is 23.4 Å². The lowest BCUT2D eigenvalue weighted by molar-refractivity contribution is -0.162. The van der Waals surface area contributed by atoms with E-state index in [0.29, 0.717) is 16.7 Å². The average molecular weight is 380 g/mol. The molecular weight excluding hydrogens is 364 g/mol. The second-order valence-corrected chi connectivity index (χ2v) is 6.26. The molecule has 142 valence electrons. The van der Waals surface area contributed by atoms with Crippen LogP contribution in [0, 0.1) is 12.7 Å². The summed E-state index contributed by atoms with van der Waals surface area (Å²) < 4.78 is 54.7. The Kier molecular flexibility index (Phi) is 4.63. The van der Waals surface area contributed by atoms with Crippen LogP contribution in [0.2, 0.25) is 0 Å². The van der Waals surface area contributed by atoms with Gasteiger partial charge in [0, 0.05) is 13.1 Å². The number of alkyl halides is 3. The molecule has 0 radical (unpaired) electrons. The zero-order valence-corrected chi connectivity index (χ0v) is 14.7. The number of fused-ring (bicyclic) bond motifs is 1. The number of halogens is 4. The predicted molar refractivity (Wildman–Crippen MR) is 92.7 cm³/mol. The van der Waals surface area contributed by atoms with E-state index in [4.69, 9.17) is 0 Å². The first kappa shape index (κ1) is 18.8. The fourth-order valence-corrected chi connectivity index (χ4v) is 2.80. The third kappa shape index (κ3) is 3.62. The third-order valence-corrected chi connectivity index (χ3v) is 4.24. The molecule has 2 heterocycles. The van der Waals surface area contributed by atoms with Gasteiger partial charge in [0.1, 0.15) is 17.4 Å². The Morgan fingerprint density at radius 1 is 1.22 bits per heavy atom. The molecule has 27 heavy (non-hydrogen) atoms. The van der Waals surface area contributed by atoms with Gasteiger partial charge in [-0.2, -0.15) is 13.2 Å². The number of aryl methyl sites for hydroxylation is 1. The molecule has 0 spiro atoms. The van der Waals surface area contributed by atoms with Gasteiger partial charge in [0.25, 0.3) is 0 Å². The van der Waals surface area contributed by atoms with Crippen molar-refractivity contribution in [2.45, 2.75) is 33.0 Å². The van der Waals surface area contributed by atoms with Crippen LogP contribution in [-0.4, -0.2) is 26.6 Å². The summed E-state index contributed by atoms with van der Waals surface area (Å²) >= 11 is 0. The molecule has 0 saturated heterocycles. The van der Waals surface area contributed by atoms with Crippen LogP contribution < -0.4 is 5.32 Å². The topological polar surface area (TPSA) is 59.8 Å². The highest BCUT2D eigenvalue weighted by atomic mass is 19.4. The van der Waals surface area contributed by atoms with Gasteiger partial charge in [0.2, 0.25) is 5.91 Å². The Labute approximate surface area is 152 Å². The van der Waals surface area contributed by atoms with E-state index in [1.165, 1.54) is 25.3 Å². The number of carbonyl (C=O) groups is 1. The summed E-state index contributed by atoms with van der Waals surface area (Å²) in [4.78, 5) is 19.1. The number of anilines is 1. The van der Waals surface area contributed by atoms with Gasteiger partial charge >= 0.3 is 6.18 Å². The zero-order chi connectivity index (χ0) is 19.9. The van der Waals surface area contributed by atoms with E-state index >= 15 is 0 Å². The maximum atomic E-state index is 14.5. The van der Waals surface area contributed by atoms with Gasteiger partial charge in [0.15, 0.2) is 5.82 Å². The van der Waals surface area contributed by atoms with Crippen molar-refractivity contribution >= 4 is 22.8 Å². The van der Waals surface area contributed by atoms with Crippen LogP contribution in [0.1, 0.15) is 25.5 Å². The van der Waals surface area contributed by atoms with Crippen LogP contribution in [0.25, 0.3) is 22.2 Å². The van der Waals surface area contributed by atoms with E-state index in [-0.39, 0.29) is 22.8 Å². The van der Waals surface area contributed by atoms with Crippen LogP contribution >= 0.6 is 0 Å². The Morgan fingerprint density at radius 3 is 2.56 bits per heavy atom. The van der Waals surface area contributed by atoms with E-state index in [9.17, 15) is 22.4 Å². The number of pyridine rings is 1. The molecule has 1 aromatic carbocycles. The lowest BCUT2D eigenvalue weighted by Gasteiger charge is -2.18. The summed E-state index contributed by atoms with van der Waals surface area (Å²) in [6.07, 6.45) is -2.01. The molecule has 0 saturated carbocycles. The summed E-state index contributed by atoms with van der Waals surface area (Å²) in [5.74, 6) is -0.787. The molecule has 2 aromatic heterocycles. The fraction of sp³-hybridized carbons (Fsp3) is 0.278. The highest BCUT2D eigenvalue weighted by Gasteiger charge is 2.38. The van der Waals surface area contributed by atoms with E-state index < -0.39 is 18.0 Å². The Balaban J connectivity index is 2.18. The number of rotatable bonds is 3. The summed E-state index contributed by atoms with van der Waals surface area (Å²) in [5.41, 5.74) is 1.48. The minimum atomic E-state index is -4.49. The number of nitrogens with zero attached hydrogens (tertiary/aromatic N) is 3. The highest BCUT2D eigenvalue weighted by molar-refractivity contribution is 5.89. The van der Waals surface area contributed by atoms with E-state index in [1.54, 1.807) is 13.0 Å². The Hall–Kier alpha value is -2.97. The maximum Gasteiger partial charge on any atom is 0.408 e. The monoisotopic (exact) mass is 380 g/mol. The van der Waals surface area contributed by atoms with Crippen LogP contribution in [0.15, 0.2) is 30.7 Å². The minimum absolute atomic E-state index is 0.0344. The van der Waals surface area contributed by atoms with Gasteiger partial charge in [-0.25, -0.2) is 14.4 Å². The molecule has 0 aliphatic carbocycles. The molecule has 3 rings (SSSR count). The first-order valence-corrected chi connectivity index (χ1v) is 8.05. The third-order valence-electron chi connectivity index (χ3n) is 4.24. The molecule has 0 bridgehead atoms. The number of benzene rings is 1. The van der Waals surface area contributed by atoms with Crippen LogP contribution in [-0.2, 0) is 4.79 Å².